The van der Waals surface area contributed by atoms with Crippen LogP contribution in [0.4, 0.5) is 11.6 Å². The quantitative estimate of drug-likeness (QED) is 0.634. The van der Waals surface area contributed by atoms with Gasteiger partial charge in [0.15, 0.2) is 0 Å². The molecule has 0 fully saturated rings. The highest BCUT2D eigenvalue weighted by Crippen LogP contribution is 2.29. The molecule has 0 saturated carbocycles. The van der Waals surface area contributed by atoms with Crippen LogP contribution in [0.1, 0.15) is 39.4 Å². The van der Waals surface area contributed by atoms with E-state index in [4.69, 9.17) is 0 Å². The van der Waals surface area contributed by atoms with Crippen molar-refractivity contribution in [1.82, 2.24) is 9.55 Å². The van der Waals surface area contributed by atoms with Gasteiger partial charge < -0.3 is 15.4 Å². The second-order valence-corrected chi connectivity index (χ2v) is 4.54. The Morgan fingerprint density at radius 3 is 2.41 bits per heavy atom. The molecule has 6 nitrogen and oxygen atoms in total. The van der Waals surface area contributed by atoms with Crippen molar-refractivity contribution in [1.29, 1.82) is 0 Å². The Balaban J connectivity index is 3.17. The van der Waals surface area contributed by atoms with Gasteiger partial charge in [0.25, 0.3) is 0 Å². The lowest BCUT2D eigenvalue weighted by molar-refractivity contribution is -0.388. The van der Waals surface area contributed by atoms with Crippen LogP contribution >= 0.6 is 0 Å². The van der Waals surface area contributed by atoms with Gasteiger partial charge in [-0.15, -0.1) is 0 Å². The van der Waals surface area contributed by atoms with E-state index in [9.17, 15) is 10.1 Å². The summed E-state index contributed by atoms with van der Waals surface area (Å²) in [4.78, 5) is 14.5. The van der Waals surface area contributed by atoms with Gasteiger partial charge in [-0.25, -0.2) is 0 Å². The number of imidazole rings is 1. The third kappa shape index (κ3) is 2.57. The summed E-state index contributed by atoms with van der Waals surface area (Å²) < 4.78 is 1.72. The lowest BCUT2D eigenvalue weighted by Crippen LogP contribution is -2.34. The van der Waals surface area contributed by atoms with Gasteiger partial charge in [0.2, 0.25) is 11.6 Å². The van der Waals surface area contributed by atoms with E-state index in [1.807, 2.05) is 0 Å². The second kappa shape index (κ2) is 4.73. The molecule has 96 valence electrons. The van der Waals surface area contributed by atoms with Crippen LogP contribution in [0.25, 0.3) is 0 Å². The zero-order chi connectivity index (χ0) is 13.2. The Morgan fingerprint density at radius 1 is 1.47 bits per heavy atom. The Labute approximate surface area is 101 Å². The van der Waals surface area contributed by atoms with Crippen LogP contribution in [-0.4, -0.2) is 20.0 Å². The largest absolute Gasteiger partial charge is 0.406 e. The third-order valence-corrected chi connectivity index (χ3v) is 3.45. The fourth-order valence-corrected chi connectivity index (χ4v) is 1.57. The Hall–Kier alpha value is -1.59. The van der Waals surface area contributed by atoms with Crippen LogP contribution in [-0.2, 0) is 7.05 Å². The summed E-state index contributed by atoms with van der Waals surface area (Å²) in [5.41, 5.74) is -0.148. The second-order valence-electron chi connectivity index (χ2n) is 4.54. The molecule has 1 aromatic rings. The third-order valence-electron chi connectivity index (χ3n) is 3.45. The van der Waals surface area contributed by atoms with E-state index in [1.54, 1.807) is 18.5 Å². The Morgan fingerprint density at radius 2 is 2.00 bits per heavy atom. The van der Waals surface area contributed by atoms with E-state index in [2.05, 4.69) is 31.1 Å². The van der Waals surface area contributed by atoms with Gasteiger partial charge in [0.05, 0.1) is 0 Å². The Bertz CT molecular complexity index is 421. The molecule has 0 aliphatic heterocycles. The minimum atomic E-state index is -0.443. The maximum atomic E-state index is 10.9. The minimum Gasteiger partial charge on any atom is -0.359 e. The lowest BCUT2D eigenvalue weighted by atomic mass is 9.96. The SMILES string of the molecule is CCC(C)(CC)Nc1c([N+](=O)[O-])nc(C)n1C. The van der Waals surface area contributed by atoms with Crippen LogP contribution in [0.5, 0.6) is 0 Å². The van der Waals surface area contributed by atoms with Gasteiger partial charge in [-0.3, -0.25) is 4.57 Å². The van der Waals surface area contributed by atoms with Crippen LogP contribution in [0, 0.1) is 17.0 Å². The topological polar surface area (TPSA) is 73.0 Å². The monoisotopic (exact) mass is 240 g/mol. The summed E-state index contributed by atoms with van der Waals surface area (Å²) in [6.45, 7) is 7.93. The Kier molecular flexibility index (Phi) is 3.75. The summed E-state index contributed by atoms with van der Waals surface area (Å²) in [5, 5.41) is 14.2. The summed E-state index contributed by atoms with van der Waals surface area (Å²) in [5.74, 6) is 1.02. The van der Waals surface area contributed by atoms with Crippen LogP contribution in [0.15, 0.2) is 0 Å². The van der Waals surface area contributed by atoms with Crippen LogP contribution in [0.2, 0.25) is 0 Å². The molecule has 0 unspecified atom stereocenters. The number of hydrogen-bond acceptors (Lipinski definition) is 4. The van der Waals surface area contributed by atoms with Crippen molar-refractivity contribution >= 4 is 11.6 Å². The molecule has 0 atom stereocenters. The molecule has 17 heavy (non-hydrogen) atoms. The first kappa shape index (κ1) is 13.5. The van der Waals surface area contributed by atoms with Gasteiger partial charge in [-0.1, -0.05) is 13.8 Å². The number of nitrogens with one attached hydrogen (secondary N) is 1. The van der Waals surface area contributed by atoms with Crippen LogP contribution in [0.3, 0.4) is 0 Å². The van der Waals surface area contributed by atoms with Gasteiger partial charge in [0.1, 0.15) is 0 Å². The van der Waals surface area contributed by atoms with Crippen molar-refractivity contribution < 1.29 is 4.92 Å². The first-order valence-corrected chi connectivity index (χ1v) is 5.80. The highest BCUT2D eigenvalue weighted by Gasteiger charge is 2.29. The number of aryl methyl sites for hydroxylation is 1. The van der Waals surface area contributed by atoms with Gasteiger partial charge in [-0.2, -0.15) is 0 Å². The van der Waals surface area contributed by atoms with E-state index in [0.717, 1.165) is 12.8 Å². The van der Waals surface area contributed by atoms with Crippen molar-refractivity contribution in [3.8, 4) is 0 Å². The maximum Gasteiger partial charge on any atom is 0.406 e. The predicted molar refractivity (Wildman–Crippen MR) is 67.2 cm³/mol. The summed E-state index contributed by atoms with van der Waals surface area (Å²) in [6, 6.07) is 0. The van der Waals surface area contributed by atoms with Crippen molar-refractivity contribution in [3.05, 3.63) is 15.9 Å². The van der Waals surface area contributed by atoms with Crippen molar-refractivity contribution in [2.24, 2.45) is 7.05 Å². The highest BCUT2D eigenvalue weighted by molar-refractivity contribution is 5.55. The van der Waals surface area contributed by atoms with Gasteiger partial charge in [0, 0.05) is 19.5 Å². The van der Waals surface area contributed by atoms with Gasteiger partial charge >= 0.3 is 5.82 Å². The van der Waals surface area contributed by atoms with E-state index in [0.29, 0.717) is 11.6 Å². The number of nitrogens with zero attached hydrogens (tertiary/aromatic N) is 3. The van der Waals surface area contributed by atoms with Crippen molar-refractivity contribution in [3.63, 3.8) is 0 Å². The average Bonchev–Trinajstić information content (AvgIpc) is 2.57. The molecule has 0 aliphatic carbocycles. The highest BCUT2D eigenvalue weighted by atomic mass is 16.6. The van der Waals surface area contributed by atoms with E-state index < -0.39 is 4.92 Å². The number of rotatable bonds is 5. The fourth-order valence-electron chi connectivity index (χ4n) is 1.57. The first-order valence-electron chi connectivity index (χ1n) is 5.80. The van der Waals surface area contributed by atoms with Crippen molar-refractivity contribution in [2.75, 3.05) is 5.32 Å². The molecule has 1 rings (SSSR count). The summed E-state index contributed by atoms with van der Waals surface area (Å²) >= 11 is 0. The van der Waals surface area contributed by atoms with Crippen LogP contribution < -0.4 is 5.32 Å². The van der Waals surface area contributed by atoms with E-state index >= 15 is 0 Å². The summed E-state index contributed by atoms with van der Waals surface area (Å²) in [7, 11) is 1.78. The average molecular weight is 240 g/mol. The zero-order valence-electron chi connectivity index (χ0n) is 11.1. The van der Waals surface area contributed by atoms with Crippen molar-refractivity contribution in [2.45, 2.75) is 46.1 Å². The number of hydrogen-bond donors (Lipinski definition) is 1. The maximum absolute atomic E-state index is 10.9. The molecule has 0 aliphatic rings. The molecule has 0 aromatic carbocycles. The molecule has 0 amide bonds. The molecule has 6 heteroatoms. The standard InChI is InChI=1S/C11H20N4O2/c1-6-11(4,7-2)13-10-9(15(16)17)12-8(3)14(10)5/h13H,6-7H2,1-5H3. The van der Waals surface area contributed by atoms with E-state index in [1.165, 1.54) is 0 Å². The van der Waals surface area contributed by atoms with E-state index in [-0.39, 0.29) is 11.4 Å². The number of aromatic nitrogens is 2. The number of nitro groups is 1. The fraction of sp³-hybridized carbons (Fsp3) is 0.727. The molecular weight excluding hydrogens is 220 g/mol. The predicted octanol–water partition coefficient (Wildman–Crippen LogP) is 2.63. The summed E-state index contributed by atoms with van der Waals surface area (Å²) in [6.07, 6.45) is 1.79. The van der Waals surface area contributed by atoms with Gasteiger partial charge in [-0.05, 0) is 29.7 Å². The molecule has 0 bridgehead atoms. The normalized spacial score (nSPS) is 11.6. The lowest BCUT2D eigenvalue weighted by Gasteiger charge is -2.28. The zero-order valence-corrected chi connectivity index (χ0v) is 11.1. The smallest absolute Gasteiger partial charge is 0.359 e. The molecule has 1 heterocycles. The molecule has 0 spiro atoms. The molecule has 1 aromatic heterocycles. The molecule has 0 radical (unpaired) electrons. The molecular formula is C11H20N4O2. The molecule has 0 saturated heterocycles. The molecule has 1 N–H and O–H groups in total. The first-order chi connectivity index (χ1) is 7.84. The number of anilines is 1. The minimum absolute atomic E-state index is 0.0990.